The molecule has 4 aliphatic carbocycles. The first-order chi connectivity index (χ1) is 19.3. The van der Waals surface area contributed by atoms with Crippen LogP contribution in [-0.4, -0.2) is 76.5 Å². The number of carbonyl (C=O) groups is 3. The fourth-order valence-electron chi connectivity index (χ4n) is 4.96. The van der Waals surface area contributed by atoms with E-state index in [1.54, 1.807) is 0 Å². The van der Waals surface area contributed by atoms with Crippen LogP contribution in [0.25, 0.3) is 0 Å². The van der Waals surface area contributed by atoms with Crippen LogP contribution < -0.4 is 0 Å². The first-order valence-corrected chi connectivity index (χ1v) is 11.3. The smallest absolute Gasteiger partial charge is 0.359 e. The third-order valence-electron chi connectivity index (χ3n) is 7.07. The summed E-state index contributed by atoms with van der Waals surface area (Å²) >= 11 is 0. The van der Waals surface area contributed by atoms with Gasteiger partial charge in [-0.3, -0.25) is 0 Å². The fraction of sp³-hybridized carbons (Fsp3) is 0.609. The number of ether oxygens (including phenoxy) is 4. The van der Waals surface area contributed by atoms with Gasteiger partial charge in [-0.1, -0.05) is 19.7 Å². The van der Waals surface area contributed by atoms with Gasteiger partial charge in [-0.25, -0.2) is 54.2 Å². The maximum Gasteiger partial charge on any atom is 0.568 e. The number of alkyl halides is 14. The minimum atomic E-state index is -7.95. The second kappa shape index (κ2) is 8.87. The van der Waals surface area contributed by atoms with Crippen LogP contribution in [-0.2, 0) is 33.3 Å². The van der Waals surface area contributed by atoms with Crippen LogP contribution in [0.3, 0.4) is 0 Å². The van der Waals surface area contributed by atoms with Gasteiger partial charge in [0.25, 0.3) is 5.60 Å². The lowest BCUT2D eigenvalue weighted by Crippen LogP contribution is -3.06. The van der Waals surface area contributed by atoms with E-state index in [1.165, 1.54) is 0 Å². The molecule has 0 radical (unpaired) electrons. The summed E-state index contributed by atoms with van der Waals surface area (Å²) in [7, 11) is 0. The van der Waals surface area contributed by atoms with Gasteiger partial charge in [0, 0.05) is 16.7 Å². The SMILES string of the molecule is C=C(C)C(=O)OC(OC(=O)C(=C)C)(OC(=O)C(=C)C)OC12C(F)(F)C3C(F)(F)C(F)(C(F)(F)C(F)(C3(F)F)C1(F)F)C2(F)F. The van der Waals surface area contributed by atoms with Crippen LogP contribution in [0.1, 0.15) is 20.8 Å². The van der Waals surface area contributed by atoms with Crippen molar-refractivity contribution in [1.82, 2.24) is 0 Å². The van der Waals surface area contributed by atoms with Gasteiger partial charge in [-0.2, -0.15) is 26.3 Å². The molecule has 44 heavy (non-hydrogen) atoms. The third kappa shape index (κ3) is 3.30. The number of rotatable bonds is 8. The van der Waals surface area contributed by atoms with E-state index in [1.807, 2.05) is 0 Å². The molecule has 21 heteroatoms. The molecule has 7 nitrogen and oxygen atoms in total. The average molecular weight is 670 g/mol. The maximum absolute atomic E-state index is 15.7. The molecule has 2 unspecified atom stereocenters. The summed E-state index contributed by atoms with van der Waals surface area (Å²) in [6, 6.07) is 0. The summed E-state index contributed by atoms with van der Waals surface area (Å²) in [4.78, 5) is 36.8. The molecule has 0 aromatic carbocycles. The van der Waals surface area contributed by atoms with Gasteiger partial charge in [-0.05, 0) is 20.8 Å². The molecule has 248 valence electrons. The van der Waals surface area contributed by atoms with Gasteiger partial charge in [0.15, 0.2) is 5.92 Å². The third-order valence-corrected chi connectivity index (χ3v) is 7.07. The Kier molecular flexibility index (Phi) is 7.07. The van der Waals surface area contributed by atoms with Crippen LogP contribution in [0.4, 0.5) is 61.5 Å². The Morgan fingerprint density at radius 3 is 1.05 bits per heavy atom. The molecule has 0 aromatic rings. The summed E-state index contributed by atoms with van der Waals surface area (Å²) in [5.41, 5.74) is -26.1. The molecule has 0 spiro atoms. The van der Waals surface area contributed by atoms with Gasteiger partial charge in [0.05, 0.1) is 0 Å². The van der Waals surface area contributed by atoms with Gasteiger partial charge >= 0.3 is 70.9 Å². The lowest BCUT2D eigenvalue weighted by atomic mass is 9.41. The van der Waals surface area contributed by atoms with E-state index in [4.69, 9.17) is 0 Å². The predicted molar refractivity (Wildman–Crippen MR) is 110 cm³/mol. The van der Waals surface area contributed by atoms with Crippen LogP contribution in [0.2, 0.25) is 0 Å². The van der Waals surface area contributed by atoms with E-state index in [-0.39, 0.29) is 0 Å². The zero-order valence-electron chi connectivity index (χ0n) is 21.8. The maximum atomic E-state index is 15.7. The Hall–Kier alpha value is -3.39. The zero-order valence-corrected chi connectivity index (χ0v) is 21.8. The Morgan fingerprint density at radius 1 is 0.523 bits per heavy atom. The summed E-state index contributed by atoms with van der Waals surface area (Å²) in [6.07, 6.45) is -5.42. The predicted octanol–water partition coefficient (Wildman–Crippen LogP) is 5.60. The zero-order chi connectivity index (χ0) is 34.9. The Morgan fingerprint density at radius 2 is 0.795 bits per heavy atom. The average Bonchev–Trinajstić information content (AvgIpc) is 2.82. The molecular weight excluding hydrogens is 654 g/mol. The van der Waals surface area contributed by atoms with Gasteiger partial charge in [0.2, 0.25) is 0 Å². The van der Waals surface area contributed by atoms with Crippen LogP contribution >= 0.6 is 0 Å². The molecule has 2 atom stereocenters. The summed E-state index contributed by atoms with van der Waals surface area (Å²) in [5, 5.41) is 0. The molecule has 0 amide bonds. The van der Waals surface area contributed by atoms with Gasteiger partial charge < -0.3 is 14.2 Å². The van der Waals surface area contributed by atoms with E-state index < -0.39 is 99.2 Å². The lowest BCUT2D eigenvalue weighted by molar-refractivity contribution is -0.631. The first kappa shape index (κ1) is 35.1. The van der Waals surface area contributed by atoms with Crippen LogP contribution in [0.5, 0.6) is 0 Å². The minimum Gasteiger partial charge on any atom is -0.359 e. The van der Waals surface area contributed by atoms with Crippen molar-refractivity contribution < 1.29 is 94.8 Å². The highest BCUT2D eigenvalue weighted by Gasteiger charge is 3.19. The molecule has 4 fully saturated rings. The Bertz CT molecular complexity index is 1280. The molecule has 4 aliphatic rings. The Balaban J connectivity index is 2.60. The van der Waals surface area contributed by atoms with Gasteiger partial charge in [-0.15, -0.1) is 0 Å². The number of esters is 3. The van der Waals surface area contributed by atoms with Gasteiger partial charge in [0.1, 0.15) is 0 Å². The summed E-state index contributed by atoms with van der Waals surface area (Å²) in [5.74, 6) is -59.3. The van der Waals surface area contributed by atoms with E-state index in [0.29, 0.717) is 20.8 Å². The highest BCUT2D eigenvalue weighted by atomic mass is 19.3. The Labute approximate surface area is 235 Å². The monoisotopic (exact) mass is 670 g/mol. The summed E-state index contributed by atoms with van der Waals surface area (Å²) < 4.78 is 230. The van der Waals surface area contributed by atoms with Crippen LogP contribution in [0.15, 0.2) is 36.5 Å². The number of halogens is 14. The number of hydrogen-bond acceptors (Lipinski definition) is 7. The second-order valence-electron chi connectivity index (χ2n) is 10.1. The van der Waals surface area contributed by atoms with Crippen molar-refractivity contribution in [2.75, 3.05) is 0 Å². The normalized spacial score (nSPS) is 34.4. The molecule has 4 rings (SSSR count). The van der Waals surface area contributed by atoms with E-state index in [9.17, 15) is 40.7 Å². The molecule has 4 saturated carbocycles. The van der Waals surface area contributed by atoms with Crippen molar-refractivity contribution >= 4 is 17.9 Å². The quantitative estimate of drug-likeness (QED) is 0.144. The minimum absolute atomic E-state index is 0.589. The van der Waals surface area contributed by atoms with Crippen molar-refractivity contribution in [3.05, 3.63) is 36.5 Å². The van der Waals surface area contributed by atoms with Crippen molar-refractivity contribution in [1.29, 1.82) is 0 Å². The fourth-order valence-corrected chi connectivity index (χ4v) is 4.96. The highest BCUT2D eigenvalue weighted by molar-refractivity contribution is 5.90. The van der Waals surface area contributed by atoms with Crippen molar-refractivity contribution in [3.8, 4) is 0 Å². The van der Waals surface area contributed by atoms with Crippen molar-refractivity contribution in [2.45, 2.75) is 79.4 Å². The van der Waals surface area contributed by atoms with Crippen molar-refractivity contribution in [2.24, 2.45) is 5.92 Å². The molecule has 0 aliphatic heterocycles. The topological polar surface area (TPSA) is 88.1 Å². The molecule has 0 heterocycles. The largest absolute Gasteiger partial charge is 0.568 e. The second-order valence-corrected chi connectivity index (χ2v) is 10.1. The lowest BCUT2D eigenvalue weighted by Gasteiger charge is -2.73. The molecule has 0 saturated heterocycles. The van der Waals surface area contributed by atoms with Crippen LogP contribution in [0, 0.1) is 5.92 Å². The first-order valence-electron chi connectivity index (χ1n) is 11.3. The van der Waals surface area contributed by atoms with E-state index >= 15 is 35.1 Å². The number of carbonyl (C=O) groups excluding carboxylic acids is 3. The van der Waals surface area contributed by atoms with E-state index in [0.717, 1.165) is 0 Å². The van der Waals surface area contributed by atoms with Crippen molar-refractivity contribution in [3.63, 3.8) is 0 Å². The summed E-state index contributed by atoms with van der Waals surface area (Å²) in [6.45, 7) is 10.3. The molecule has 0 N–H and O–H groups in total. The standard InChI is InChI=1S/C23H16F14O7/c1-7(2)10(38)41-23(42-11(39)8(3)4,43-12(40)9(5)6)44-19-16(28,29)13-14(24,25)17(30,21(19,34)35)20(32,33)18(31,15(13,26)27)22(19,36)37/h13H,1,3,5H2,2,4,6H3. The molecule has 0 aromatic heterocycles. The molecular formula is C23H16F14O7. The highest BCUT2D eigenvalue weighted by Crippen LogP contribution is 2.87. The number of hydrogen-bond donors (Lipinski definition) is 0. The molecule has 4 bridgehead atoms. The van der Waals surface area contributed by atoms with E-state index in [2.05, 4.69) is 38.7 Å².